The Morgan fingerprint density at radius 3 is 2.50 bits per heavy atom. The molecule has 0 spiro atoms. The molecule has 30 heavy (non-hydrogen) atoms. The van der Waals surface area contributed by atoms with E-state index in [4.69, 9.17) is 0 Å². The number of likely N-dealkylation sites (tertiary alicyclic amines) is 1. The van der Waals surface area contributed by atoms with Gasteiger partial charge in [-0.1, -0.05) is 24.3 Å². The molecule has 1 aliphatic heterocycles. The van der Waals surface area contributed by atoms with Crippen LogP contribution in [0.4, 0.5) is 20.2 Å². The largest absolute Gasteiger partial charge is 0.355 e. The summed E-state index contributed by atoms with van der Waals surface area (Å²) < 4.78 is 26.8. The van der Waals surface area contributed by atoms with Crippen molar-refractivity contribution in [2.75, 3.05) is 18.4 Å². The van der Waals surface area contributed by atoms with Crippen LogP contribution in [0.1, 0.15) is 25.3 Å². The normalized spacial score (nSPS) is 14.2. The molecule has 0 bridgehead atoms. The molecule has 0 saturated carbocycles. The summed E-state index contributed by atoms with van der Waals surface area (Å²) in [5.74, 6) is -2.52. The van der Waals surface area contributed by atoms with E-state index in [-0.39, 0.29) is 18.0 Å². The number of anilines is 2. The molecule has 1 N–H and O–H groups in total. The molecule has 1 saturated heterocycles. The quantitative estimate of drug-likeness (QED) is 0.666. The second-order valence-electron chi connectivity index (χ2n) is 7.37. The van der Waals surface area contributed by atoms with E-state index in [1.54, 1.807) is 12.1 Å². The molecule has 0 atom stereocenters. The Labute approximate surface area is 172 Å². The highest BCUT2D eigenvalue weighted by Gasteiger charge is 2.24. The summed E-state index contributed by atoms with van der Waals surface area (Å²) in [4.78, 5) is 15.4. The maximum atomic E-state index is 13.4. The van der Waals surface area contributed by atoms with E-state index < -0.39 is 5.92 Å². The third-order valence-electron chi connectivity index (χ3n) is 5.03. The van der Waals surface area contributed by atoms with Crippen molar-refractivity contribution in [3.8, 4) is 11.4 Å². The molecule has 156 valence electrons. The number of nitrogens with one attached hydrogen (secondary N) is 1. The highest BCUT2D eigenvalue weighted by Crippen LogP contribution is 2.30. The molecule has 0 aliphatic carbocycles. The smallest absolute Gasteiger partial charge is 0.270 e. The Kier molecular flexibility index (Phi) is 5.43. The molecule has 9 heteroatoms. The number of amides is 1. The van der Waals surface area contributed by atoms with Gasteiger partial charge in [-0.15, -0.1) is 10.2 Å². The number of para-hydroxylation sites is 1. The summed E-state index contributed by atoms with van der Waals surface area (Å²) in [6.07, 6.45) is 2.05. The number of hydrogen-bond acceptors (Lipinski definition) is 5. The van der Waals surface area contributed by atoms with Crippen molar-refractivity contribution in [1.29, 1.82) is 0 Å². The summed E-state index contributed by atoms with van der Waals surface area (Å²) in [5, 5.41) is 15.7. The van der Waals surface area contributed by atoms with Gasteiger partial charge in [-0.05, 0) is 42.3 Å². The summed E-state index contributed by atoms with van der Waals surface area (Å²) in [6, 6.07) is 13.4. The Morgan fingerprint density at radius 1 is 1.10 bits per heavy atom. The molecular formula is C21H22F2N6O. The molecule has 3 aromatic rings. The number of aromatic nitrogens is 4. The van der Waals surface area contributed by atoms with Gasteiger partial charge in [0.25, 0.3) is 5.92 Å². The minimum Gasteiger partial charge on any atom is -0.355 e. The molecule has 7 nitrogen and oxygen atoms in total. The highest BCUT2D eigenvalue weighted by atomic mass is 19.3. The number of rotatable bonds is 6. The maximum absolute atomic E-state index is 13.4. The fourth-order valence-corrected chi connectivity index (χ4v) is 3.39. The zero-order chi connectivity index (χ0) is 21.1. The second-order valence-corrected chi connectivity index (χ2v) is 7.37. The van der Waals surface area contributed by atoms with Gasteiger partial charge in [0.15, 0.2) is 0 Å². The zero-order valence-corrected chi connectivity index (χ0v) is 16.6. The summed E-state index contributed by atoms with van der Waals surface area (Å²) in [7, 11) is 0. The van der Waals surface area contributed by atoms with Crippen LogP contribution in [0, 0.1) is 0 Å². The van der Waals surface area contributed by atoms with Crippen molar-refractivity contribution < 1.29 is 13.6 Å². The molecule has 2 heterocycles. The van der Waals surface area contributed by atoms with Crippen LogP contribution in [0.5, 0.6) is 0 Å². The van der Waals surface area contributed by atoms with Gasteiger partial charge in [0, 0.05) is 42.5 Å². The molecule has 1 fully saturated rings. The monoisotopic (exact) mass is 412 g/mol. The van der Waals surface area contributed by atoms with Crippen LogP contribution >= 0.6 is 0 Å². The summed E-state index contributed by atoms with van der Waals surface area (Å²) in [6.45, 7) is 2.47. The Bertz CT molecular complexity index is 1020. The lowest BCUT2D eigenvalue weighted by Gasteiger charge is -2.14. The topological polar surface area (TPSA) is 75.9 Å². The van der Waals surface area contributed by atoms with Gasteiger partial charge < -0.3 is 10.2 Å². The van der Waals surface area contributed by atoms with Crippen LogP contribution < -0.4 is 5.32 Å². The highest BCUT2D eigenvalue weighted by molar-refractivity contribution is 5.78. The van der Waals surface area contributed by atoms with Gasteiger partial charge >= 0.3 is 0 Å². The molecule has 2 aromatic carbocycles. The van der Waals surface area contributed by atoms with Crippen molar-refractivity contribution in [2.24, 2.45) is 0 Å². The van der Waals surface area contributed by atoms with Crippen LogP contribution in [0.15, 0.2) is 48.5 Å². The number of tetrazole rings is 1. The molecule has 1 aromatic heterocycles. The lowest BCUT2D eigenvalue weighted by Crippen LogP contribution is -2.31. The van der Waals surface area contributed by atoms with Gasteiger partial charge in [0.1, 0.15) is 6.54 Å². The first kappa shape index (κ1) is 19.9. The van der Waals surface area contributed by atoms with Crippen LogP contribution in [0.3, 0.4) is 0 Å². The van der Waals surface area contributed by atoms with E-state index in [0.717, 1.165) is 32.9 Å². The zero-order valence-electron chi connectivity index (χ0n) is 16.6. The number of benzene rings is 2. The predicted octanol–water partition coefficient (Wildman–Crippen LogP) is 3.82. The Balaban J connectivity index is 1.51. The lowest BCUT2D eigenvalue weighted by atomic mass is 10.1. The number of nitrogens with zero attached hydrogens (tertiary/aromatic N) is 5. The Morgan fingerprint density at radius 2 is 1.80 bits per heavy atom. The molecule has 0 unspecified atom stereocenters. The van der Waals surface area contributed by atoms with Crippen LogP contribution in [-0.4, -0.2) is 44.1 Å². The third-order valence-corrected chi connectivity index (χ3v) is 5.03. The van der Waals surface area contributed by atoms with E-state index in [2.05, 4.69) is 20.7 Å². The molecule has 1 aliphatic rings. The van der Waals surface area contributed by atoms with Crippen LogP contribution in [-0.2, 0) is 17.3 Å². The SMILES string of the molecule is CC(F)(F)c1ccc(Nc2ccccc2-c2nnn(CC(=O)N3CCCC3)n2)cc1. The summed E-state index contributed by atoms with van der Waals surface area (Å²) >= 11 is 0. The lowest BCUT2D eigenvalue weighted by molar-refractivity contribution is -0.131. The summed E-state index contributed by atoms with van der Waals surface area (Å²) in [5.41, 5.74) is 2.02. The number of carbonyl (C=O) groups is 1. The standard InChI is InChI=1S/C21H22F2N6O/c1-21(22,23)15-8-10-16(11-9-15)24-18-7-3-2-6-17(18)20-25-27-29(26-20)14-19(30)28-12-4-5-13-28/h2-3,6-11,24H,4-5,12-14H2,1H3. The van der Waals surface area contributed by atoms with Crippen LogP contribution in [0.25, 0.3) is 11.4 Å². The fraction of sp³-hybridized carbons (Fsp3) is 0.333. The minimum atomic E-state index is -2.88. The fourth-order valence-electron chi connectivity index (χ4n) is 3.39. The van der Waals surface area contributed by atoms with Gasteiger partial charge in [-0.3, -0.25) is 4.79 Å². The van der Waals surface area contributed by atoms with Gasteiger partial charge in [-0.2, -0.15) is 4.80 Å². The average molecular weight is 412 g/mol. The van der Waals surface area contributed by atoms with E-state index in [1.807, 2.05) is 29.2 Å². The van der Waals surface area contributed by atoms with E-state index in [9.17, 15) is 13.6 Å². The van der Waals surface area contributed by atoms with Crippen molar-refractivity contribution in [2.45, 2.75) is 32.2 Å². The van der Waals surface area contributed by atoms with Gasteiger partial charge in [-0.25, -0.2) is 8.78 Å². The molecular weight excluding hydrogens is 390 g/mol. The number of carbonyl (C=O) groups excluding carboxylic acids is 1. The first-order valence-corrected chi connectivity index (χ1v) is 9.80. The molecule has 1 amide bonds. The molecule has 0 radical (unpaired) electrons. The van der Waals surface area contributed by atoms with Crippen LogP contribution in [0.2, 0.25) is 0 Å². The molecule has 4 rings (SSSR count). The van der Waals surface area contributed by atoms with E-state index >= 15 is 0 Å². The van der Waals surface area contributed by atoms with Crippen molar-refractivity contribution in [1.82, 2.24) is 25.1 Å². The number of halogens is 2. The van der Waals surface area contributed by atoms with E-state index in [1.165, 1.54) is 16.9 Å². The van der Waals surface area contributed by atoms with Gasteiger partial charge in [0.05, 0.1) is 0 Å². The first-order chi connectivity index (χ1) is 14.4. The van der Waals surface area contributed by atoms with Gasteiger partial charge in [0.2, 0.25) is 11.7 Å². The second kappa shape index (κ2) is 8.17. The third kappa shape index (κ3) is 4.45. The minimum absolute atomic E-state index is 0.0179. The average Bonchev–Trinajstić information content (AvgIpc) is 3.40. The van der Waals surface area contributed by atoms with Crippen molar-refractivity contribution in [3.63, 3.8) is 0 Å². The number of alkyl halides is 2. The maximum Gasteiger partial charge on any atom is 0.270 e. The van der Waals surface area contributed by atoms with Crippen molar-refractivity contribution >= 4 is 17.3 Å². The first-order valence-electron chi connectivity index (χ1n) is 9.80. The predicted molar refractivity (Wildman–Crippen MR) is 108 cm³/mol. The van der Waals surface area contributed by atoms with E-state index in [0.29, 0.717) is 22.8 Å². The Hall–Kier alpha value is -3.36. The number of hydrogen-bond donors (Lipinski definition) is 1. The van der Waals surface area contributed by atoms with Crippen molar-refractivity contribution in [3.05, 3.63) is 54.1 Å².